The molecule has 0 aliphatic carbocycles. The van der Waals surface area contributed by atoms with Crippen LogP contribution in [0, 0.1) is 20.2 Å². The van der Waals surface area contributed by atoms with E-state index >= 15 is 0 Å². The van der Waals surface area contributed by atoms with E-state index in [9.17, 15) is 20.2 Å². The summed E-state index contributed by atoms with van der Waals surface area (Å²) in [6.07, 6.45) is 1.25. The van der Waals surface area contributed by atoms with Gasteiger partial charge in [0.15, 0.2) is 0 Å². The highest BCUT2D eigenvalue weighted by Gasteiger charge is 2.09. The Morgan fingerprint density at radius 1 is 0.947 bits per heavy atom. The number of rotatable bonds is 4. The zero-order valence-corrected chi connectivity index (χ0v) is 9.42. The summed E-state index contributed by atoms with van der Waals surface area (Å²) in [6, 6.07) is 7.72. The highest BCUT2D eigenvalue weighted by atomic mass is 16.6. The van der Waals surface area contributed by atoms with Crippen LogP contribution in [-0.4, -0.2) is 14.8 Å². The maximum absolute atomic E-state index is 10.6. The third kappa shape index (κ3) is 3.00. The van der Waals surface area contributed by atoms with Crippen molar-refractivity contribution in [3.8, 4) is 11.6 Å². The molecule has 0 saturated carbocycles. The lowest BCUT2D eigenvalue weighted by Gasteiger charge is -2.03. The zero-order valence-electron chi connectivity index (χ0n) is 9.42. The first-order valence-corrected chi connectivity index (χ1v) is 5.09. The molecule has 2 rings (SSSR count). The Hall–Kier alpha value is -3.03. The van der Waals surface area contributed by atoms with Crippen LogP contribution in [-0.2, 0) is 0 Å². The normalized spacial score (nSPS) is 9.89. The summed E-state index contributed by atoms with van der Waals surface area (Å²) in [7, 11) is 0. The molecule has 1 aromatic heterocycles. The molecular weight excluding hydrogens is 254 g/mol. The summed E-state index contributed by atoms with van der Waals surface area (Å²) in [5, 5.41) is 21.0. The van der Waals surface area contributed by atoms with Crippen molar-refractivity contribution in [2.45, 2.75) is 0 Å². The molecular formula is C11H7N3O5. The van der Waals surface area contributed by atoms with Gasteiger partial charge in [0.25, 0.3) is 11.4 Å². The van der Waals surface area contributed by atoms with E-state index < -0.39 is 9.85 Å². The van der Waals surface area contributed by atoms with E-state index in [1.54, 1.807) is 0 Å². The quantitative estimate of drug-likeness (QED) is 0.618. The van der Waals surface area contributed by atoms with Crippen LogP contribution in [0.3, 0.4) is 0 Å². The average Bonchev–Trinajstić information content (AvgIpc) is 2.39. The lowest BCUT2D eigenvalue weighted by Crippen LogP contribution is -1.92. The molecule has 0 fully saturated rings. The van der Waals surface area contributed by atoms with E-state index in [0.717, 1.165) is 0 Å². The number of nitro benzene ring substituents is 1. The molecule has 2 aromatic rings. The Morgan fingerprint density at radius 2 is 1.58 bits per heavy atom. The zero-order chi connectivity index (χ0) is 13.8. The van der Waals surface area contributed by atoms with E-state index in [0.29, 0.717) is 5.75 Å². The summed E-state index contributed by atoms with van der Waals surface area (Å²) in [5.74, 6) is 0.349. The van der Waals surface area contributed by atoms with Crippen molar-refractivity contribution in [2.75, 3.05) is 0 Å². The molecule has 19 heavy (non-hydrogen) atoms. The van der Waals surface area contributed by atoms with Gasteiger partial charge in [-0.1, -0.05) is 0 Å². The van der Waals surface area contributed by atoms with E-state index in [1.165, 1.54) is 42.6 Å². The summed E-state index contributed by atoms with van der Waals surface area (Å²) in [6.45, 7) is 0. The van der Waals surface area contributed by atoms with Crippen molar-refractivity contribution >= 4 is 11.4 Å². The monoisotopic (exact) mass is 261 g/mol. The van der Waals surface area contributed by atoms with Crippen molar-refractivity contribution < 1.29 is 14.6 Å². The van der Waals surface area contributed by atoms with Crippen LogP contribution in [0.25, 0.3) is 0 Å². The minimum atomic E-state index is -0.565. The number of ether oxygens (including phenoxy) is 1. The molecule has 0 N–H and O–H groups in total. The van der Waals surface area contributed by atoms with E-state index in [-0.39, 0.29) is 17.3 Å². The fourth-order valence-corrected chi connectivity index (χ4v) is 1.33. The van der Waals surface area contributed by atoms with Gasteiger partial charge in [-0.15, -0.1) is 0 Å². The first kappa shape index (κ1) is 12.4. The largest absolute Gasteiger partial charge is 0.439 e. The van der Waals surface area contributed by atoms with Crippen molar-refractivity contribution in [1.29, 1.82) is 0 Å². The molecule has 0 atom stereocenters. The molecule has 0 amide bonds. The van der Waals surface area contributed by atoms with Gasteiger partial charge in [-0.05, 0) is 12.1 Å². The number of hydrogen-bond acceptors (Lipinski definition) is 6. The van der Waals surface area contributed by atoms with Crippen LogP contribution >= 0.6 is 0 Å². The number of aromatic nitrogens is 1. The van der Waals surface area contributed by atoms with Crippen LogP contribution in [0.5, 0.6) is 11.6 Å². The van der Waals surface area contributed by atoms with Gasteiger partial charge in [-0.3, -0.25) is 20.2 Å². The van der Waals surface area contributed by atoms with Gasteiger partial charge in [-0.25, -0.2) is 4.98 Å². The molecule has 0 aliphatic rings. The standard InChI is InChI=1S/C11H7N3O5/c15-13(16)8-1-3-10(4-2-8)19-11-7-9(14(17)18)5-6-12-11/h1-7H. The van der Waals surface area contributed by atoms with Gasteiger partial charge < -0.3 is 4.74 Å². The van der Waals surface area contributed by atoms with Gasteiger partial charge in [-0.2, -0.15) is 0 Å². The Labute approximate surface area is 106 Å². The van der Waals surface area contributed by atoms with E-state index in [2.05, 4.69) is 4.98 Å². The Bertz CT molecular complexity index is 626. The van der Waals surface area contributed by atoms with Crippen LogP contribution in [0.2, 0.25) is 0 Å². The number of hydrogen-bond donors (Lipinski definition) is 0. The molecule has 0 unspecified atom stereocenters. The first-order chi connectivity index (χ1) is 9.06. The maximum Gasteiger partial charge on any atom is 0.276 e. The highest BCUT2D eigenvalue weighted by molar-refractivity contribution is 5.39. The molecule has 0 aliphatic heterocycles. The third-order valence-electron chi connectivity index (χ3n) is 2.20. The van der Waals surface area contributed by atoms with Crippen molar-refractivity contribution in [3.05, 3.63) is 62.8 Å². The summed E-state index contributed by atoms with van der Waals surface area (Å²) >= 11 is 0. The van der Waals surface area contributed by atoms with Crippen LogP contribution in [0.15, 0.2) is 42.6 Å². The lowest BCUT2D eigenvalue weighted by molar-refractivity contribution is -0.385. The van der Waals surface area contributed by atoms with Gasteiger partial charge in [0, 0.05) is 24.4 Å². The van der Waals surface area contributed by atoms with Gasteiger partial charge in [0.1, 0.15) is 5.75 Å². The number of non-ortho nitro benzene ring substituents is 1. The SMILES string of the molecule is O=[N+]([O-])c1ccc(Oc2cc([N+](=O)[O-])ccn2)cc1. The van der Waals surface area contributed by atoms with Crippen LogP contribution in [0.4, 0.5) is 11.4 Å². The average molecular weight is 261 g/mol. The second-order valence-corrected chi connectivity index (χ2v) is 3.46. The van der Waals surface area contributed by atoms with Gasteiger partial charge >= 0.3 is 0 Å². The Balaban J connectivity index is 2.19. The fraction of sp³-hybridized carbons (Fsp3) is 0. The minimum Gasteiger partial charge on any atom is -0.439 e. The minimum absolute atomic E-state index is 0.0445. The number of nitro groups is 2. The lowest BCUT2D eigenvalue weighted by atomic mass is 10.3. The second kappa shape index (κ2) is 5.08. The Morgan fingerprint density at radius 3 is 2.16 bits per heavy atom. The third-order valence-corrected chi connectivity index (χ3v) is 2.20. The molecule has 1 aromatic carbocycles. The molecule has 0 spiro atoms. The number of pyridine rings is 1. The maximum atomic E-state index is 10.6. The molecule has 8 heteroatoms. The second-order valence-electron chi connectivity index (χ2n) is 3.46. The molecule has 0 bridgehead atoms. The van der Waals surface area contributed by atoms with E-state index in [4.69, 9.17) is 4.74 Å². The molecule has 0 radical (unpaired) electrons. The van der Waals surface area contributed by atoms with Crippen molar-refractivity contribution in [1.82, 2.24) is 4.98 Å². The topological polar surface area (TPSA) is 108 Å². The summed E-state index contributed by atoms with van der Waals surface area (Å²) < 4.78 is 5.27. The fourth-order valence-electron chi connectivity index (χ4n) is 1.33. The highest BCUT2D eigenvalue weighted by Crippen LogP contribution is 2.24. The Kier molecular flexibility index (Phi) is 3.33. The smallest absolute Gasteiger partial charge is 0.276 e. The molecule has 96 valence electrons. The summed E-state index contributed by atoms with van der Waals surface area (Å²) in [5.41, 5.74) is -0.216. The molecule has 0 saturated heterocycles. The van der Waals surface area contributed by atoms with Crippen molar-refractivity contribution in [2.24, 2.45) is 0 Å². The first-order valence-electron chi connectivity index (χ1n) is 5.09. The van der Waals surface area contributed by atoms with Gasteiger partial charge in [0.2, 0.25) is 5.88 Å². The number of benzene rings is 1. The van der Waals surface area contributed by atoms with Crippen molar-refractivity contribution in [3.63, 3.8) is 0 Å². The van der Waals surface area contributed by atoms with Gasteiger partial charge in [0.05, 0.1) is 15.9 Å². The molecule has 8 nitrogen and oxygen atoms in total. The predicted octanol–water partition coefficient (Wildman–Crippen LogP) is 2.69. The molecule has 1 heterocycles. The van der Waals surface area contributed by atoms with E-state index in [1.807, 2.05) is 0 Å². The predicted molar refractivity (Wildman–Crippen MR) is 64.1 cm³/mol. The van der Waals surface area contributed by atoms with Crippen LogP contribution < -0.4 is 4.74 Å². The number of nitrogens with zero attached hydrogens (tertiary/aromatic N) is 3. The summed E-state index contributed by atoms with van der Waals surface area (Å²) in [4.78, 5) is 23.8. The van der Waals surface area contributed by atoms with Crippen LogP contribution in [0.1, 0.15) is 0 Å².